The van der Waals surface area contributed by atoms with E-state index in [9.17, 15) is 0 Å². The quantitative estimate of drug-likeness (QED) is 0.314. The molecule has 1 fully saturated rings. The number of aromatic nitrogens is 1. The van der Waals surface area contributed by atoms with Gasteiger partial charge in [-0.25, -0.2) is 4.98 Å². The Kier molecular flexibility index (Phi) is 12.5. The lowest BCUT2D eigenvalue weighted by atomic mass is 9.94. The fourth-order valence-electron chi connectivity index (χ4n) is 3.21. The summed E-state index contributed by atoms with van der Waals surface area (Å²) in [6, 6.07) is 0. The highest BCUT2D eigenvalue weighted by atomic mass is 127. The molecule has 26 heavy (non-hydrogen) atoms. The van der Waals surface area contributed by atoms with Crippen LogP contribution in [0, 0.1) is 5.92 Å². The zero-order valence-electron chi connectivity index (χ0n) is 16.6. The summed E-state index contributed by atoms with van der Waals surface area (Å²) in [6.45, 7) is 13.0. The van der Waals surface area contributed by atoms with E-state index in [1.165, 1.54) is 48.8 Å². The zero-order valence-corrected chi connectivity index (χ0v) is 19.7. The molecule has 150 valence electrons. The van der Waals surface area contributed by atoms with Crippen LogP contribution in [-0.2, 0) is 12.8 Å². The molecule has 2 N–H and O–H groups in total. The summed E-state index contributed by atoms with van der Waals surface area (Å²) in [5.74, 6) is 1.79. The maximum Gasteiger partial charge on any atom is 0.191 e. The predicted molar refractivity (Wildman–Crippen MR) is 124 cm³/mol. The largest absolute Gasteiger partial charge is 0.357 e. The van der Waals surface area contributed by atoms with Crippen molar-refractivity contribution in [2.45, 2.75) is 52.9 Å². The Hall–Kier alpha value is -0.410. The van der Waals surface area contributed by atoms with Crippen molar-refractivity contribution in [1.82, 2.24) is 20.5 Å². The molecule has 0 bridgehead atoms. The van der Waals surface area contributed by atoms with E-state index < -0.39 is 0 Å². The Labute approximate surface area is 180 Å². The van der Waals surface area contributed by atoms with Crippen LogP contribution in [0.1, 0.15) is 49.9 Å². The van der Waals surface area contributed by atoms with E-state index in [0.29, 0.717) is 0 Å². The molecule has 0 aliphatic carbocycles. The van der Waals surface area contributed by atoms with Gasteiger partial charge in [0, 0.05) is 37.1 Å². The van der Waals surface area contributed by atoms with E-state index in [4.69, 9.17) is 4.99 Å². The van der Waals surface area contributed by atoms with Gasteiger partial charge in [-0.05, 0) is 58.2 Å². The first kappa shape index (κ1) is 23.6. The maximum atomic E-state index is 4.76. The highest BCUT2D eigenvalue weighted by Gasteiger charge is 2.17. The number of piperidine rings is 1. The molecule has 1 aromatic heterocycles. The summed E-state index contributed by atoms with van der Waals surface area (Å²) < 4.78 is 0. The van der Waals surface area contributed by atoms with Gasteiger partial charge in [0.25, 0.3) is 0 Å². The molecular formula is C19H36IN5S. The highest BCUT2D eigenvalue weighted by Crippen LogP contribution is 2.20. The van der Waals surface area contributed by atoms with Crippen molar-refractivity contribution in [2.75, 3.05) is 39.3 Å². The molecule has 1 aromatic rings. The third-order valence-corrected chi connectivity index (χ3v) is 6.09. The number of likely N-dealkylation sites (tertiary alicyclic amines) is 1. The summed E-state index contributed by atoms with van der Waals surface area (Å²) >= 11 is 1.82. The van der Waals surface area contributed by atoms with Gasteiger partial charge in [-0.1, -0.05) is 13.8 Å². The molecule has 2 rings (SSSR count). The first-order valence-corrected chi connectivity index (χ1v) is 10.7. The Morgan fingerprint density at radius 3 is 2.65 bits per heavy atom. The van der Waals surface area contributed by atoms with E-state index in [1.807, 2.05) is 17.5 Å². The number of hydrogen-bond acceptors (Lipinski definition) is 4. The minimum atomic E-state index is 0. The average Bonchev–Trinajstić information content (AvgIpc) is 3.10. The van der Waals surface area contributed by atoms with Gasteiger partial charge in [0.05, 0.1) is 5.01 Å². The SMILES string of the molecule is CCNC(=NCCC1CCN(CC)CC1)NCCc1ncc(CC)s1.I. The summed E-state index contributed by atoms with van der Waals surface area (Å²) in [5.41, 5.74) is 0. The number of nitrogens with zero attached hydrogens (tertiary/aromatic N) is 3. The van der Waals surface area contributed by atoms with Gasteiger partial charge < -0.3 is 15.5 Å². The monoisotopic (exact) mass is 493 g/mol. The Bertz CT molecular complexity index is 512. The van der Waals surface area contributed by atoms with Gasteiger partial charge in [-0.3, -0.25) is 4.99 Å². The van der Waals surface area contributed by atoms with Crippen LogP contribution in [0.3, 0.4) is 0 Å². The molecule has 1 aliphatic rings. The van der Waals surface area contributed by atoms with Crippen molar-refractivity contribution in [2.24, 2.45) is 10.9 Å². The second-order valence-corrected chi connectivity index (χ2v) is 7.88. The van der Waals surface area contributed by atoms with E-state index in [-0.39, 0.29) is 24.0 Å². The Morgan fingerprint density at radius 1 is 1.27 bits per heavy atom. The minimum Gasteiger partial charge on any atom is -0.357 e. The second-order valence-electron chi connectivity index (χ2n) is 6.68. The zero-order chi connectivity index (χ0) is 17.9. The predicted octanol–water partition coefficient (Wildman–Crippen LogP) is 3.54. The minimum absolute atomic E-state index is 0. The smallest absolute Gasteiger partial charge is 0.191 e. The molecule has 0 amide bonds. The van der Waals surface area contributed by atoms with Crippen molar-refractivity contribution in [3.63, 3.8) is 0 Å². The van der Waals surface area contributed by atoms with E-state index in [0.717, 1.165) is 44.4 Å². The molecule has 0 saturated carbocycles. The number of nitrogens with one attached hydrogen (secondary N) is 2. The number of aryl methyl sites for hydroxylation is 1. The molecule has 1 aliphatic heterocycles. The number of rotatable bonds is 9. The molecule has 0 aromatic carbocycles. The van der Waals surface area contributed by atoms with Crippen LogP contribution >= 0.6 is 35.3 Å². The summed E-state index contributed by atoms with van der Waals surface area (Å²) in [6.07, 6.45) is 7.91. The Morgan fingerprint density at radius 2 is 2.04 bits per heavy atom. The lowest BCUT2D eigenvalue weighted by Crippen LogP contribution is -2.38. The van der Waals surface area contributed by atoms with E-state index in [2.05, 4.69) is 41.3 Å². The van der Waals surface area contributed by atoms with Crippen molar-refractivity contribution in [1.29, 1.82) is 0 Å². The summed E-state index contributed by atoms with van der Waals surface area (Å²) in [5, 5.41) is 8.01. The van der Waals surface area contributed by atoms with Gasteiger partial charge >= 0.3 is 0 Å². The average molecular weight is 494 g/mol. The van der Waals surface area contributed by atoms with Gasteiger partial charge in [0.15, 0.2) is 5.96 Å². The molecule has 2 heterocycles. The number of thiazole rings is 1. The van der Waals surface area contributed by atoms with Crippen LogP contribution in [0.15, 0.2) is 11.2 Å². The van der Waals surface area contributed by atoms with Crippen molar-refractivity contribution >= 4 is 41.3 Å². The van der Waals surface area contributed by atoms with Crippen molar-refractivity contribution < 1.29 is 0 Å². The molecule has 5 nitrogen and oxygen atoms in total. The molecule has 7 heteroatoms. The van der Waals surface area contributed by atoms with E-state index in [1.54, 1.807) is 0 Å². The number of aliphatic imine (C=N–C) groups is 1. The molecule has 1 saturated heterocycles. The first-order valence-electron chi connectivity index (χ1n) is 9.93. The fraction of sp³-hybridized carbons (Fsp3) is 0.789. The van der Waals surface area contributed by atoms with E-state index >= 15 is 0 Å². The number of guanidine groups is 1. The molecule has 0 spiro atoms. The first-order chi connectivity index (χ1) is 12.2. The van der Waals surface area contributed by atoms with Crippen LogP contribution < -0.4 is 10.6 Å². The van der Waals surface area contributed by atoms with Crippen LogP contribution in [-0.4, -0.2) is 55.1 Å². The topological polar surface area (TPSA) is 52.6 Å². The summed E-state index contributed by atoms with van der Waals surface area (Å²) in [7, 11) is 0. The van der Waals surface area contributed by atoms with Gasteiger partial charge in [-0.2, -0.15) is 0 Å². The second kappa shape index (κ2) is 13.7. The van der Waals surface area contributed by atoms with Crippen LogP contribution in [0.25, 0.3) is 0 Å². The molecule has 0 radical (unpaired) electrons. The van der Waals surface area contributed by atoms with Gasteiger partial charge in [-0.15, -0.1) is 35.3 Å². The fourth-order valence-corrected chi connectivity index (χ4v) is 4.07. The standard InChI is InChI=1S/C19H35N5S.HI/c1-4-17-15-23-18(25-17)8-12-22-19(20-5-2)21-11-7-16-9-13-24(6-3)14-10-16;/h15-16H,4-14H2,1-3H3,(H2,20,21,22);1H. The summed E-state index contributed by atoms with van der Waals surface area (Å²) in [4.78, 5) is 13.2. The number of hydrogen-bond donors (Lipinski definition) is 2. The highest BCUT2D eigenvalue weighted by molar-refractivity contribution is 14.0. The normalized spacial score (nSPS) is 16.3. The van der Waals surface area contributed by atoms with Crippen LogP contribution in [0.2, 0.25) is 0 Å². The molecule has 0 atom stereocenters. The number of halogens is 1. The van der Waals surface area contributed by atoms with Crippen LogP contribution in [0.4, 0.5) is 0 Å². The van der Waals surface area contributed by atoms with Crippen LogP contribution in [0.5, 0.6) is 0 Å². The maximum absolute atomic E-state index is 4.76. The lowest BCUT2D eigenvalue weighted by Gasteiger charge is -2.30. The third-order valence-electron chi connectivity index (χ3n) is 4.89. The third kappa shape index (κ3) is 8.52. The van der Waals surface area contributed by atoms with Crippen molar-refractivity contribution in [3.05, 3.63) is 16.1 Å². The lowest BCUT2D eigenvalue weighted by molar-refractivity contribution is 0.188. The van der Waals surface area contributed by atoms with Gasteiger partial charge in [0.2, 0.25) is 0 Å². The molecule has 0 unspecified atom stereocenters. The van der Waals surface area contributed by atoms with Crippen molar-refractivity contribution in [3.8, 4) is 0 Å². The Balaban J connectivity index is 0.00000338. The molecular weight excluding hydrogens is 457 g/mol. The van der Waals surface area contributed by atoms with Gasteiger partial charge in [0.1, 0.15) is 0 Å².